The van der Waals surface area contributed by atoms with E-state index in [0.29, 0.717) is 24.2 Å². The summed E-state index contributed by atoms with van der Waals surface area (Å²) in [4.78, 5) is 17.6. The van der Waals surface area contributed by atoms with Gasteiger partial charge in [0.25, 0.3) is 0 Å². The fourth-order valence-electron chi connectivity index (χ4n) is 4.13. The molecule has 30 heavy (non-hydrogen) atoms. The van der Waals surface area contributed by atoms with Crippen molar-refractivity contribution in [3.05, 3.63) is 83.6 Å². The quantitative estimate of drug-likeness (QED) is 0.415. The zero-order chi connectivity index (χ0) is 21.3. The van der Waals surface area contributed by atoms with Crippen LogP contribution in [0.2, 0.25) is 0 Å². The number of ketones is 1. The van der Waals surface area contributed by atoms with Crippen LogP contribution in [0.4, 0.5) is 5.69 Å². The first-order valence-corrected chi connectivity index (χ1v) is 10.1. The summed E-state index contributed by atoms with van der Waals surface area (Å²) in [6, 6.07) is 20.7. The highest BCUT2D eigenvalue weighted by molar-refractivity contribution is 6.25. The zero-order valence-corrected chi connectivity index (χ0v) is 17.2. The predicted molar refractivity (Wildman–Crippen MR) is 121 cm³/mol. The van der Waals surface area contributed by atoms with Crippen molar-refractivity contribution in [3.8, 4) is 5.75 Å². The molecule has 1 saturated carbocycles. The van der Waals surface area contributed by atoms with E-state index >= 15 is 0 Å². The van der Waals surface area contributed by atoms with E-state index in [9.17, 15) is 15.0 Å². The molecule has 3 aromatic carbocycles. The third-order valence-corrected chi connectivity index (χ3v) is 5.52. The highest BCUT2D eigenvalue weighted by Gasteiger charge is 2.36. The van der Waals surface area contributed by atoms with Crippen LogP contribution in [0.15, 0.2) is 83.1 Å². The van der Waals surface area contributed by atoms with Crippen molar-refractivity contribution in [1.82, 2.24) is 0 Å². The molecule has 1 fully saturated rings. The minimum atomic E-state index is -0.260. The number of aliphatic imine (C=N–C) groups is 1. The van der Waals surface area contributed by atoms with Crippen LogP contribution in [0, 0.1) is 5.41 Å². The van der Waals surface area contributed by atoms with Crippen molar-refractivity contribution in [2.75, 3.05) is 0 Å². The van der Waals surface area contributed by atoms with Gasteiger partial charge in [-0.15, -0.1) is 0 Å². The molecular weight excluding hydrogens is 374 g/mol. The Morgan fingerprint density at radius 3 is 2.47 bits per heavy atom. The lowest BCUT2D eigenvalue weighted by Gasteiger charge is -2.31. The van der Waals surface area contributed by atoms with Crippen LogP contribution in [-0.4, -0.2) is 21.7 Å². The third-order valence-electron chi connectivity index (χ3n) is 5.52. The third kappa shape index (κ3) is 3.99. The monoisotopic (exact) mass is 399 g/mol. The summed E-state index contributed by atoms with van der Waals surface area (Å²) in [5.74, 6) is -0.0343. The van der Waals surface area contributed by atoms with Crippen LogP contribution in [0.1, 0.15) is 32.3 Å². The van der Waals surface area contributed by atoms with E-state index in [1.165, 1.54) is 0 Å². The molecule has 0 aromatic heterocycles. The van der Waals surface area contributed by atoms with Crippen molar-refractivity contribution >= 4 is 28.0 Å². The molecule has 4 nitrogen and oxygen atoms in total. The van der Waals surface area contributed by atoms with Crippen LogP contribution < -0.4 is 0 Å². The first-order chi connectivity index (χ1) is 14.3. The second kappa shape index (κ2) is 7.79. The molecule has 1 aliphatic carbocycles. The summed E-state index contributed by atoms with van der Waals surface area (Å²) in [6.07, 6.45) is 1.15. The van der Waals surface area contributed by atoms with Crippen molar-refractivity contribution in [3.63, 3.8) is 0 Å². The van der Waals surface area contributed by atoms with Crippen LogP contribution in [0.25, 0.3) is 10.8 Å². The molecule has 0 radical (unpaired) electrons. The number of hydrogen-bond donors (Lipinski definition) is 2. The Morgan fingerprint density at radius 1 is 0.967 bits per heavy atom. The molecule has 0 spiro atoms. The number of rotatable bonds is 3. The number of fused-ring (bicyclic) bond motifs is 1. The van der Waals surface area contributed by atoms with Gasteiger partial charge >= 0.3 is 0 Å². The first-order valence-electron chi connectivity index (χ1n) is 10.1. The van der Waals surface area contributed by atoms with Gasteiger partial charge in [0.15, 0.2) is 5.78 Å². The highest BCUT2D eigenvalue weighted by atomic mass is 16.3. The number of aliphatic hydroxyl groups is 1. The predicted octanol–water partition coefficient (Wildman–Crippen LogP) is 6.06. The Morgan fingerprint density at radius 2 is 1.67 bits per heavy atom. The number of phenolic OH excluding ortho intramolecular Hbond substituents is 1. The average molecular weight is 399 g/mol. The van der Waals surface area contributed by atoms with E-state index in [-0.39, 0.29) is 34.7 Å². The molecule has 0 unspecified atom stereocenters. The zero-order valence-electron chi connectivity index (χ0n) is 17.2. The summed E-state index contributed by atoms with van der Waals surface area (Å²) in [6.45, 7) is 4.04. The number of hydrogen-bond acceptors (Lipinski definition) is 4. The summed E-state index contributed by atoms with van der Waals surface area (Å²) >= 11 is 0. The molecule has 0 amide bonds. The minimum Gasteiger partial charge on any atom is -0.511 e. The molecule has 152 valence electrons. The Bertz CT molecular complexity index is 1180. The molecule has 4 rings (SSSR count). The van der Waals surface area contributed by atoms with Gasteiger partial charge in [-0.2, -0.15) is 0 Å². The van der Waals surface area contributed by atoms with Crippen LogP contribution >= 0.6 is 0 Å². The Balaban J connectivity index is 1.81. The van der Waals surface area contributed by atoms with Gasteiger partial charge in [-0.05, 0) is 40.3 Å². The number of carbonyl (C=O) groups excluding carboxylic acids is 1. The van der Waals surface area contributed by atoms with E-state index in [4.69, 9.17) is 0 Å². The van der Waals surface area contributed by atoms with E-state index < -0.39 is 0 Å². The molecule has 1 aliphatic rings. The number of aromatic hydroxyl groups is 1. The Labute approximate surface area is 176 Å². The summed E-state index contributed by atoms with van der Waals surface area (Å²) in [5, 5.41) is 23.3. The molecule has 0 atom stereocenters. The number of carbonyl (C=O) groups is 1. The van der Waals surface area contributed by atoms with E-state index in [0.717, 1.165) is 16.3 Å². The van der Waals surface area contributed by atoms with Crippen molar-refractivity contribution in [1.29, 1.82) is 0 Å². The largest absolute Gasteiger partial charge is 0.511 e. The Kier molecular flexibility index (Phi) is 5.17. The highest BCUT2D eigenvalue weighted by Crippen LogP contribution is 2.38. The van der Waals surface area contributed by atoms with Crippen LogP contribution in [-0.2, 0) is 11.2 Å². The lowest BCUT2D eigenvalue weighted by molar-refractivity contribution is -0.117. The van der Waals surface area contributed by atoms with Gasteiger partial charge in [-0.3, -0.25) is 4.79 Å². The standard InChI is InChI=1S/C26H25NO3/c1-26(2)15-21(27-20-12-5-6-13-22(20)28)25(24(30)16-26)23(29)14-18-10-7-9-17-8-3-4-11-19(17)18/h3-13,28-29H,14-16H2,1-2H3/b25-23+,27-21?. The lowest BCUT2D eigenvalue weighted by atomic mass is 9.73. The molecule has 0 heterocycles. The van der Waals surface area contributed by atoms with E-state index in [1.54, 1.807) is 24.3 Å². The van der Waals surface area contributed by atoms with Gasteiger partial charge in [-0.25, -0.2) is 4.99 Å². The van der Waals surface area contributed by atoms with Gasteiger partial charge in [0.1, 0.15) is 17.2 Å². The minimum absolute atomic E-state index is 0.0287. The van der Waals surface area contributed by atoms with Gasteiger partial charge < -0.3 is 10.2 Å². The van der Waals surface area contributed by atoms with E-state index in [2.05, 4.69) is 4.99 Å². The molecule has 4 heteroatoms. The van der Waals surface area contributed by atoms with Gasteiger partial charge in [0, 0.05) is 12.8 Å². The van der Waals surface area contributed by atoms with Crippen molar-refractivity contribution in [2.24, 2.45) is 10.4 Å². The van der Waals surface area contributed by atoms with Crippen LogP contribution in [0.5, 0.6) is 5.75 Å². The number of allylic oxidation sites excluding steroid dienone is 2. The molecule has 0 aliphatic heterocycles. The maximum absolute atomic E-state index is 13.0. The molecule has 0 bridgehead atoms. The number of Topliss-reactive ketones (excluding diaryl/α,β-unsaturated/α-hetero) is 1. The number of para-hydroxylation sites is 2. The van der Waals surface area contributed by atoms with Crippen LogP contribution in [0.3, 0.4) is 0 Å². The number of aliphatic hydroxyl groups excluding tert-OH is 1. The summed E-state index contributed by atoms with van der Waals surface area (Å²) in [5.41, 5.74) is 1.90. The van der Waals surface area contributed by atoms with Gasteiger partial charge in [-0.1, -0.05) is 68.4 Å². The maximum Gasteiger partial charge on any atom is 0.168 e. The second-order valence-corrected chi connectivity index (χ2v) is 8.62. The smallest absolute Gasteiger partial charge is 0.168 e. The molecule has 2 N–H and O–H groups in total. The molecule has 0 saturated heterocycles. The number of nitrogens with zero attached hydrogens (tertiary/aromatic N) is 1. The second-order valence-electron chi connectivity index (χ2n) is 8.62. The fourth-order valence-corrected chi connectivity index (χ4v) is 4.13. The molecular formula is C26H25NO3. The topological polar surface area (TPSA) is 69.9 Å². The van der Waals surface area contributed by atoms with Crippen molar-refractivity contribution < 1.29 is 15.0 Å². The number of phenols is 1. The van der Waals surface area contributed by atoms with Crippen molar-refractivity contribution in [2.45, 2.75) is 33.1 Å². The van der Waals surface area contributed by atoms with Gasteiger partial charge in [0.05, 0.1) is 11.3 Å². The SMILES string of the molecule is CC1(C)CC(=O)/C(=C(/O)Cc2cccc3ccccc23)C(=Nc2ccccc2O)C1. The summed E-state index contributed by atoms with van der Waals surface area (Å²) in [7, 11) is 0. The number of benzene rings is 3. The van der Waals surface area contributed by atoms with Gasteiger partial charge in [0.2, 0.25) is 0 Å². The lowest BCUT2D eigenvalue weighted by Crippen LogP contribution is -2.32. The average Bonchev–Trinajstić information content (AvgIpc) is 2.69. The maximum atomic E-state index is 13.0. The molecule has 3 aromatic rings. The Hall–Kier alpha value is -3.40. The normalized spacial score (nSPS) is 19.3. The van der Waals surface area contributed by atoms with E-state index in [1.807, 2.05) is 56.3 Å². The summed E-state index contributed by atoms with van der Waals surface area (Å²) < 4.78 is 0. The first kappa shape index (κ1) is 19.9. The fraction of sp³-hybridized carbons (Fsp3) is 0.231.